The van der Waals surface area contributed by atoms with E-state index in [4.69, 9.17) is 10.8 Å². The van der Waals surface area contributed by atoms with E-state index in [0.29, 0.717) is 0 Å². The minimum Gasteiger partial charge on any atom is -0.480 e. The van der Waals surface area contributed by atoms with E-state index in [0.717, 1.165) is 30.0 Å². The maximum absolute atomic E-state index is 13.2. The summed E-state index contributed by atoms with van der Waals surface area (Å²) < 4.78 is 26.0. The van der Waals surface area contributed by atoms with E-state index in [9.17, 15) is 18.4 Å². The number of carboxylic acid groups (broad SMARTS) is 1. The van der Waals surface area contributed by atoms with Gasteiger partial charge in [0.15, 0.2) is 0 Å². The first kappa shape index (κ1) is 15.4. The van der Waals surface area contributed by atoms with Crippen LogP contribution in [0.2, 0.25) is 0 Å². The largest absolute Gasteiger partial charge is 0.480 e. The fourth-order valence-electron chi connectivity index (χ4n) is 1.13. The van der Waals surface area contributed by atoms with Gasteiger partial charge in [0.1, 0.15) is 17.7 Å². The number of hydrogen-bond donors (Lipinski definition) is 3. The molecule has 0 saturated carbocycles. The van der Waals surface area contributed by atoms with Crippen LogP contribution < -0.4 is 11.1 Å². The van der Waals surface area contributed by atoms with E-state index in [1.54, 1.807) is 0 Å². The lowest BCUT2D eigenvalue weighted by molar-refractivity contribution is -0.137. The molecular formula is C11H12F2N2O3S. The lowest BCUT2D eigenvalue weighted by atomic mass is 10.3. The second-order valence-corrected chi connectivity index (χ2v) is 4.66. The summed E-state index contributed by atoms with van der Waals surface area (Å²) in [5.41, 5.74) is 4.98. The highest BCUT2D eigenvalue weighted by molar-refractivity contribution is 8.00. The van der Waals surface area contributed by atoms with Gasteiger partial charge in [-0.15, -0.1) is 11.8 Å². The lowest BCUT2D eigenvalue weighted by Gasteiger charge is -2.08. The van der Waals surface area contributed by atoms with Gasteiger partial charge in [-0.1, -0.05) is 0 Å². The number of nitrogens with two attached hydrogens (primary N) is 1. The third kappa shape index (κ3) is 5.23. The Morgan fingerprint density at radius 2 is 2.11 bits per heavy atom. The van der Waals surface area contributed by atoms with Crippen LogP contribution in [0, 0.1) is 11.6 Å². The molecule has 1 aromatic carbocycles. The molecule has 0 bridgehead atoms. The summed E-state index contributed by atoms with van der Waals surface area (Å²) >= 11 is 0.993. The fourth-order valence-corrected chi connectivity index (χ4v) is 1.90. The monoisotopic (exact) mass is 290 g/mol. The fraction of sp³-hybridized carbons (Fsp3) is 0.273. The van der Waals surface area contributed by atoms with E-state index < -0.39 is 29.6 Å². The van der Waals surface area contributed by atoms with Gasteiger partial charge in [-0.3, -0.25) is 9.59 Å². The summed E-state index contributed by atoms with van der Waals surface area (Å²) in [5.74, 6) is -3.19. The molecule has 0 spiro atoms. The second-order valence-electron chi connectivity index (χ2n) is 3.63. The Balaban J connectivity index is 2.43. The Hall–Kier alpha value is -1.67. The molecule has 4 N–H and O–H groups in total. The molecule has 8 heteroatoms. The van der Waals surface area contributed by atoms with Crippen LogP contribution in [0.5, 0.6) is 0 Å². The van der Waals surface area contributed by atoms with Crippen molar-refractivity contribution in [3.05, 3.63) is 29.8 Å². The van der Waals surface area contributed by atoms with Gasteiger partial charge in [0, 0.05) is 11.8 Å². The van der Waals surface area contributed by atoms with E-state index in [-0.39, 0.29) is 17.2 Å². The molecule has 0 aliphatic carbocycles. The number of carboxylic acids is 1. The molecule has 0 aliphatic rings. The molecule has 0 heterocycles. The minimum absolute atomic E-state index is 0.0500. The molecule has 0 saturated heterocycles. The molecule has 1 amide bonds. The molecule has 0 unspecified atom stereocenters. The number of benzene rings is 1. The highest BCUT2D eigenvalue weighted by atomic mass is 32.2. The SMILES string of the molecule is N[C@H](CSCC(=O)Nc1cc(F)ccc1F)C(=O)O. The Morgan fingerprint density at radius 3 is 2.74 bits per heavy atom. The molecule has 5 nitrogen and oxygen atoms in total. The second kappa shape index (κ2) is 7.05. The quantitative estimate of drug-likeness (QED) is 0.728. The molecule has 0 aromatic heterocycles. The molecule has 1 aromatic rings. The Morgan fingerprint density at radius 1 is 1.42 bits per heavy atom. The van der Waals surface area contributed by atoms with Crippen LogP contribution >= 0.6 is 11.8 Å². The average Bonchev–Trinajstić information content (AvgIpc) is 2.33. The topological polar surface area (TPSA) is 92.4 Å². The van der Waals surface area contributed by atoms with Crippen molar-refractivity contribution in [1.29, 1.82) is 0 Å². The number of nitrogens with one attached hydrogen (secondary N) is 1. The number of anilines is 1. The number of thioether (sulfide) groups is 1. The lowest BCUT2D eigenvalue weighted by Crippen LogP contribution is -2.33. The van der Waals surface area contributed by atoms with Crippen LogP contribution in [0.15, 0.2) is 18.2 Å². The van der Waals surface area contributed by atoms with Gasteiger partial charge in [-0.2, -0.15) is 0 Å². The zero-order valence-corrected chi connectivity index (χ0v) is 10.5. The third-order valence-electron chi connectivity index (χ3n) is 2.05. The molecule has 19 heavy (non-hydrogen) atoms. The van der Waals surface area contributed by atoms with Gasteiger partial charge in [0.2, 0.25) is 5.91 Å². The summed E-state index contributed by atoms with van der Waals surface area (Å²) in [5, 5.41) is 10.7. The number of carbonyl (C=O) groups excluding carboxylic acids is 1. The molecule has 1 atom stereocenters. The maximum Gasteiger partial charge on any atom is 0.321 e. The summed E-state index contributed by atoms with van der Waals surface area (Å²) in [4.78, 5) is 21.8. The summed E-state index contributed by atoms with van der Waals surface area (Å²) in [6.07, 6.45) is 0. The smallest absolute Gasteiger partial charge is 0.321 e. The average molecular weight is 290 g/mol. The van der Waals surface area contributed by atoms with Crippen LogP contribution in [-0.2, 0) is 9.59 Å². The first-order valence-corrected chi connectivity index (χ1v) is 6.36. The van der Waals surface area contributed by atoms with Crippen molar-refractivity contribution in [2.24, 2.45) is 5.73 Å². The van der Waals surface area contributed by atoms with Crippen molar-refractivity contribution in [1.82, 2.24) is 0 Å². The van der Waals surface area contributed by atoms with Gasteiger partial charge in [0.05, 0.1) is 11.4 Å². The van der Waals surface area contributed by atoms with Crippen LogP contribution in [0.3, 0.4) is 0 Å². The van der Waals surface area contributed by atoms with Crippen molar-refractivity contribution in [2.75, 3.05) is 16.8 Å². The van der Waals surface area contributed by atoms with Crippen LogP contribution in [0.25, 0.3) is 0 Å². The predicted molar refractivity (Wildman–Crippen MR) is 67.9 cm³/mol. The first-order valence-electron chi connectivity index (χ1n) is 5.21. The van der Waals surface area contributed by atoms with Crippen molar-refractivity contribution in [3.63, 3.8) is 0 Å². The number of carbonyl (C=O) groups is 2. The van der Waals surface area contributed by atoms with Gasteiger partial charge in [-0.05, 0) is 12.1 Å². The number of amides is 1. The Bertz CT molecular complexity index is 485. The van der Waals surface area contributed by atoms with Crippen LogP contribution in [0.1, 0.15) is 0 Å². The van der Waals surface area contributed by atoms with E-state index >= 15 is 0 Å². The number of aliphatic carboxylic acids is 1. The zero-order chi connectivity index (χ0) is 14.4. The van der Waals surface area contributed by atoms with Gasteiger partial charge >= 0.3 is 5.97 Å². The molecule has 0 fully saturated rings. The van der Waals surface area contributed by atoms with Gasteiger partial charge in [0.25, 0.3) is 0 Å². The van der Waals surface area contributed by atoms with Gasteiger partial charge in [-0.25, -0.2) is 8.78 Å². The molecule has 104 valence electrons. The standard InChI is InChI=1S/C11H12F2N2O3S/c12-6-1-2-7(13)9(3-6)15-10(16)5-19-4-8(14)11(17)18/h1-3,8H,4-5,14H2,(H,15,16)(H,17,18)/t8-/m1/s1. The van der Waals surface area contributed by atoms with Crippen molar-refractivity contribution >= 4 is 29.3 Å². The van der Waals surface area contributed by atoms with Crippen molar-refractivity contribution in [2.45, 2.75) is 6.04 Å². The van der Waals surface area contributed by atoms with Gasteiger partial charge < -0.3 is 16.2 Å². The van der Waals surface area contributed by atoms with E-state index in [1.165, 1.54) is 0 Å². The van der Waals surface area contributed by atoms with E-state index in [2.05, 4.69) is 5.32 Å². The third-order valence-corrected chi connectivity index (χ3v) is 3.11. The first-order chi connectivity index (χ1) is 8.90. The Kier molecular flexibility index (Phi) is 5.71. The normalized spacial score (nSPS) is 11.9. The Labute approximate surface area is 112 Å². The molecule has 1 rings (SSSR count). The van der Waals surface area contributed by atoms with E-state index in [1.807, 2.05) is 0 Å². The molecule has 0 aliphatic heterocycles. The molecule has 0 radical (unpaired) electrons. The predicted octanol–water partition coefficient (Wildman–Crippen LogP) is 1.05. The summed E-state index contributed by atoms with van der Waals surface area (Å²) in [7, 11) is 0. The minimum atomic E-state index is -1.16. The van der Waals surface area contributed by atoms with Crippen molar-refractivity contribution in [3.8, 4) is 0 Å². The maximum atomic E-state index is 13.2. The number of hydrogen-bond acceptors (Lipinski definition) is 4. The summed E-state index contributed by atoms with van der Waals surface area (Å²) in [6, 6.07) is 1.63. The molecular weight excluding hydrogens is 278 g/mol. The highest BCUT2D eigenvalue weighted by Crippen LogP contribution is 2.15. The summed E-state index contributed by atoms with van der Waals surface area (Å²) in [6.45, 7) is 0. The zero-order valence-electron chi connectivity index (χ0n) is 9.73. The van der Waals surface area contributed by atoms with Crippen LogP contribution in [0.4, 0.5) is 14.5 Å². The van der Waals surface area contributed by atoms with Crippen LogP contribution in [-0.4, -0.2) is 34.5 Å². The number of rotatable bonds is 6. The highest BCUT2D eigenvalue weighted by Gasteiger charge is 2.13. The van der Waals surface area contributed by atoms with Crippen molar-refractivity contribution < 1.29 is 23.5 Å². The number of halogens is 2.